The molecule has 0 aliphatic carbocycles. The lowest BCUT2D eigenvalue weighted by Gasteiger charge is -2.18. The first-order valence-electron chi connectivity index (χ1n) is 8.76. The van der Waals surface area contributed by atoms with Gasteiger partial charge in [-0.1, -0.05) is 41.3 Å². The highest BCUT2D eigenvalue weighted by molar-refractivity contribution is 8.01. The van der Waals surface area contributed by atoms with Crippen molar-refractivity contribution in [2.24, 2.45) is 0 Å². The zero-order chi connectivity index (χ0) is 19.6. The summed E-state index contributed by atoms with van der Waals surface area (Å²) in [5.74, 6) is 0.458. The van der Waals surface area contributed by atoms with Crippen LogP contribution in [0.3, 0.4) is 0 Å². The molecule has 0 amide bonds. The van der Waals surface area contributed by atoms with Gasteiger partial charge in [0.2, 0.25) is 5.13 Å². The highest BCUT2D eigenvalue weighted by atomic mass is 32.2. The molecule has 5 nitrogen and oxygen atoms in total. The van der Waals surface area contributed by atoms with Gasteiger partial charge in [0.25, 0.3) is 0 Å². The summed E-state index contributed by atoms with van der Waals surface area (Å²) < 4.78 is 2.92. The second-order valence-corrected chi connectivity index (χ2v) is 9.62. The molecule has 142 valence electrons. The number of ketones is 1. The third kappa shape index (κ3) is 4.78. The van der Waals surface area contributed by atoms with E-state index in [0.29, 0.717) is 5.75 Å². The number of hydrogen-bond acceptors (Lipinski definition) is 6. The van der Waals surface area contributed by atoms with Crippen molar-refractivity contribution in [1.82, 2.24) is 14.8 Å². The molecule has 1 aromatic carbocycles. The zero-order valence-corrected chi connectivity index (χ0v) is 17.9. The Morgan fingerprint density at radius 3 is 2.56 bits per heavy atom. The standard InChI is InChI=1S/C20H24N4OS2/c1-13-11-16(14(2)24(13)15-9-7-6-8-10-15)17(25)12-26-19-23-22-18(27-19)21-20(3,4)5/h6-11H,12H2,1-5H3,(H,21,22). The number of nitrogens with one attached hydrogen (secondary N) is 1. The molecule has 0 aliphatic rings. The first-order valence-corrected chi connectivity index (χ1v) is 10.6. The minimum absolute atomic E-state index is 0.0632. The minimum atomic E-state index is -0.0632. The number of rotatable bonds is 6. The normalized spacial score (nSPS) is 11.6. The summed E-state index contributed by atoms with van der Waals surface area (Å²) >= 11 is 2.91. The van der Waals surface area contributed by atoms with E-state index in [9.17, 15) is 4.79 Å². The average molecular weight is 401 g/mol. The number of aromatic nitrogens is 3. The Morgan fingerprint density at radius 1 is 1.19 bits per heavy atom. The lowest BCUT2D eigenvalue weighted by molar-refractivity contribution is 0.102. The molecular weight excluding hydrogens is 376 g/mol. The molecule has 7 heteroatoms. The predicted octanol–water partition coefficient (Wildman–Crippen LogP) is 5.13. The van der Waals surface area contributed by atoms with Crippen molar-refractivity contribution in [3.63, 3.8) is 0 Å². The molecule has 2 aromatic heterocycles. The van der Waals surface area contributed by atoms with Gasteiger partial charge in [0.15, 0.2) is 10.1 Å². The van der Waals surface area contributed by atoms with Crippen LogP contribution in [0.5, 0.6) is 0 Å². The first kappa shape index (κ1) is 19.6. The number of hydrogen-bond donors (Lipinski definition) is 1. The van der Waals surface area contributed by atoms with E-state index in [1.54, 1.807) is 0 Å². The Kier molecular flexibility index (Phi) is 5.72. The maximum absolute atomic E-state index is 12.8. The highest BCUT2D eigenvalue weighted by Gasteiger charge is 2.18. The molecule has 0 bridgehead atoms. The Labute approximate surface area is 168 Å². The second-order valence-electron chi connectivity index (χ2n) is 7.42. The number of nitrogens with zero attached hydrogens (tertiary/aromatic N) is 3. The second kappa shape index (κ2) is 7.86. The molecule has 0 spiro atoms. The van der Waals surface area contributed by atoms with E-state index in [-0.39, 0.29) is 11.3 Å². The molecule has 3 rings (SSSR count). The Morgan fingerprint density at radius 2 is 1.89 bits per heavy atom. The van der Waals surface area contributed by atoms with Crippen molar-refractivity contribution in [1.29, 1.82) is 0 Å². The van der Waals surface area contributed by atoms with Crippen LogP contribution >= 0.6 is 23.1 Å². The van der Waals surface area contributed by atoms with Gasteiger partial charge < -0.3 is 9.88 Å². The SMILES string of the molecule is Cc1cc(C(=O)CSc2nnc(NC(C)(C)C)s2)c(C)n1-c1ccccc1. The molecule has 0 unspecified atom stereocenters. The summed E-state index contributed by atoms with van der Waals surface area (Å²) in [6, 6.07) is 12.1. The van der Waals surface area contributed by atoms with Crippen molar-refractivity contribution in [3.05, 3.63) is 53.3 Å². The van der Waals surface area contributed by atoms with Crippen LogP contribution in [0.1, 0.15) is 42.5 Å². The van der Waals surface area contributed by atoms with E-state index < -0.39 is 0 Å². The number of Topliss-reactive ketones (excluding diaryl/α,β-unsaturated/α-hetero) is 1. The van der Waals surface area contributed by atoms with Crippen LogP contribution in [0, 0.1) is 13.8 Å². The van der Waals surface area contributed by atoms with Crippen LogP contribution in [-0.4, -0.2) is 31.8 Å². The summed E-state index contributed by atoms with van der Waals surface area (Å²) in [5, 5.41) is 12.4. The van der Waals surface area contributed by atoms with Crippen molar-refractivity contribution in [2.45, 2.75) is 44.5 Å². The topological polar surface area (TPSA) is 59.8 Å². The van der Waals surface area contributed by atoms with Gasteiger partial charge in [-0.25, -0.2) is 0 Å². The molecule has 27 heavy (non-hydrogen) atoms. The molecule has 2 heterocycles. The largest absolute Gasteiger partial charge is 0.355 e. The maximum Gasteiger partial charge on any atom is 0.206 e. The average Bonchev–Trinajstić information content (AvgIpc) is 3.16. The molecule has 1 N–H and O–H groups in total. The number of carbonyl (C=O) groups excluding carboxylic acids is 1. The highest BCUT2D eigenvalue weighted by Crippen LogP contribution is 2.29. The molecule has 3 aromatic rings. The van der Waals surface area contributed by atoms with Gasteiger partial charge in [0, 0.05) is 28.2 Å². The van der Waals surface area contributed by atoms with Crippen molar-refractivity contribution in [2.75, 3.05) is 11.1 Å². The number of carbonyl (C=O) groups is 1. The van der Waals surface area contributed by atoms with E-state index in [2.05, 4.69) is 40.9 Å². The molecule has 0 fully saturated rings. The third-order valence-electron chi connectivity index (χ3n) is 3.96. The lowest BCUT2D eigenvalue weighted by atomic mass is 10.1. The molecule has 0 radical (unpaired) electrons. The molecule has 0 atom stereocenters. The number of anilines is 1. The third-order valence-corrected chi connectivity index (χ3v) is 5.93. The Bertz CT molecular complexity index is 939. The van der Waals surface area contributed by atoms with Gasteiger partial charge in [-0.05, 0) is 52.8 Å². The van der Waals surface area contributed by atoms with Crippen LogP contribution in [0.25, 0.3) is 5.69 Å². The van der Waals surface area contributed by atoms with Gasteiger partial charge in [-0.2, -0.15) is 0 Å². The molecular formula is C20H24N4OS2. The van der Waals surface area contributed by atoms with Crippen LogP contribution in [0.4, 0.5) is 5.13 Å². The van der Waals surface area contributed by atoms with Crippen molar-refractivity contribution < 1.29 is 4.79 Å². The molecule has 0 saturated carbocycles. The molecule has 0 saturated heterocycles. The van der Waals surface area contributed by atoms with E-state index in [0.717, 1.165) is 32.1 Å². The zero-order valence-electron chi connectivity index (χ0n) is 16.2. The first-order chi connectivity index (χ1) is 12.7. The minimum Gasteiger partial charge on any atom is -0.355 e. The van der Waals surface area contributed by atoms with Gasteiger partial charge in [0.1, 0.15) is 0 Å². The molecule has 0 aliphatic heterocycles. The summed E-state index contributed by atoms with van der Waals surface area (Å²) in [5.41, 5.74) is 3.80. The summed E-state index contributed by atoms with van der Waals surface area (Å²) in [4.78, 5) is 12.8. The predicted molar refractivity (Wildman–Crippen MR) is 114 cm³/mol. The maximum atomic E-state index is 12.8. The summed E-state index contributed by atoms with van der Waals surface area (Å²) in [6.45, 7) is 10.3. The Balaban J connectivity index is 1.71. The number of thioether (sulfide) groups is 1. The number of benzene rings is 1. The van der Waals surface area contributed by atoms with Crippen LogP contribution in [0.15, 0.2) is 40.7 Å². The van der Waals surface area contributed by atoms with Crippen molar-refractivity contribution in [3.8, 4) is 5.69 Å². The van der Waals surface area contributed by atoms with E-state index in [4.69, 9.17) is 0 Å². The monoisotopic (exact) mass is 400 g/mol. The van der Waals surface area contributed by atoms with Gasteiger partial charge in [0.05, 0.1) is 5.75 Å². The Hall–Kier alpha value is -2.12. The van der Waals surface area contributed by atoms with Crippen molar-refractivity contribution >= 4 is 34.0 Å². The van der Waals surface area contributed by atoms with Crippen LogP contribution < -0.4 is 5.32 Å². The van der Waals surface area contributed by atoms with Crippen LogP contribution in [-0.2, 0) is 0 Å². The number of aryl methyl sites for hydroxylation is 1. The van der Waals surface area contributed by atoms with E-state index in [1.165, 1.54) is 23.1 Å². The fourth-order valence-electron chi connectivity index (χ4n) is 2.86. The van der Waals surface area contributed by atoms with Gasteiger partial charge in [-0.15, -0.1) is 10.2 Å². The lowest BCUT2D eigenvalue weighted by Crippen LogP contribution is -2.25. The van der Waals surface area contributed by atoms with Crippen LogP contribution in [0.2, 0.25) is 0 Å². The van der Waals surface area contributed by atoms with Gasteiger partial charge in [-0.3, -0.25) is 4.79 Å². The fraction of sp³-hybridized carbons (Fsp3) is 0.350. The van der Waals surface area contributed by atoms with E-state index >= 15 is 0 Å². The van der Waals surface area contributed by atoms with E-state index in [1.807, 2.05) is 50.2 Å². The fourth-order valence-corrected chi connectivity index (χ4v) is 4.71. The summed E-state index contributed by atoms with van der Waals surface area (Å²) in [7, 11) is 0. The number of para-hydroxylation sites is 1. The summed E-state index contributed by atoms with van der Waals surface area (Å²) in [6.07, 6.45) is 0. The quantitative estimate of drug-likeness (QED) is 0.459. The smallest absolute Gasteiger partial charge is 0.206 e. The van der Waals surface area contributed by atoms with Gasteiger partial charge >= 0.3 is 0 Å².